The summed E-state index contributed by atoms with van der Waals surface area (Å²) in [7, 11) is 1.50. The monoisotopic (exact) mass is 252 g/mol. The normalized spacial score (nSPS) is 22.8. The molecule has 1 aliphatic heterocycles. The van der Waals surface area contributed by atoms with Crippen molar-refractivity contribution in [3.63, 3.8) is 0 Å². The number of ether oxygens (including phenoxy) is 2. The highest BCUT2D eigenvalue weighted by Gasteiger charge is 2.25. The van der Waals surface area contributed by atoms with E-state index in [0.29, 0.717) is 5.75 Å². The molecule has 18 heavy (non-hydrogen) atoms. The zero-order valence-electron chi connectivity index (χ0n) is 10.4. The van der Waals surface area contributed by atoms with Crippen LogP contribution in [0.25, 0.3) is 0 Å². The number of benzene rings is 1. The van der Waals surface area contributed by atoms with Crippen molar-refractivity contribution in [3.8, 4) is 5.75 Å². The molecule has 0 aliphatic carbocycles. The molecule has 0 radical (unpaired) electrons. The van der Waals surface area contributed by atoms with Crippen molar-refractivity contribution in [2.24, 2.45) is 0 Å². The van der Waals surface area contributed by atoms with Gasteiger partial charge in [-0.15, -0.1) is 0 Å². The van der Waals surface area contributed by atoms with Crippen molar-refractivity contribution in [2.75, 3.05) is 19.0 Å². The average Bonchev–Trinajstić information content (AvgIpc) is 2.75. The Bertz CT molecular complexity index is 450. The third-order valence-electron chi connectivity index (χ3n) is 3.11. The summed E-state index contributed by atoms with van der Waals surface area (Å²) in [6.45, 7) is 2.73. The van der Waals surface area contributed by atoms with Crippen molar-refractivity contribution >= 4 is 11.4 Å². The van der Waals surface area contributed by atoms with E-state index in [-0.39, 0.29) is 17.8 Å². The van der Waals surface area contributed by atoms with Crippen molar-refractivity contribution < 1.29 is 14.4 Å². The summed E-state index contributed by atoms with van der Waals surface area (Å²) in [4.78, 5) is 10.2. The summed E-state index contributed by atoms with van der Waals surface area (Å²) in [5.74, 6) is 0.475. The zero-order chi connectivity index (χ0) is 13.1. The first-order valence-corrected chi connectivity index (χ1v) is 5.82. The third kappa shape index (κ3) is 2.53. The number of anilines is 1. The topological polar surface area (TPSA) is 73.6 Å². The minimum atomic E-state index is -0.437. The van der Waals surface area contributed by atoms with Crippen molar-refractivity contribution in [1.29, 1.82) is 0 Å². The first-order valence-electron chi connectivity index (χ1n) is 5.82. The number of nitrogens with zero attached hydrogens (tertiary/aromatic N) is 1. The second-order valence-corrected chi connectivity index (χ2v) is 4.26. The number of rotatable bonds is 4. The molecule has 98 valence electrons. The highest BCUT2D eigenvalue weighted by atomic mass is 16.6. The summed E-state index contributed by atoms with van der Waals surface area (Å²) < 4.78 is 10.6. The first kappa shape index (κ1) is 12.6. The number of methoxy groups -OCH3 is 1. The Kier molecular flexibility index (Phi) is 3.66. The van der Waals surface area contributed by atoms with Gasteiger partial charge in [-0.2, -0.15) is 0 Å². The van der Waals surface area contributed by atoms with Crippen molar-refractivity contribution in [2.45, 2.75) is 25.5 Å². The molecule has 0 spiro atoms. The van der Waals surface area contributed by atoms with Crippen LogP contribution in [0.1, 0.15) is 13.3 Å². The smallest absolute Gasteiger partial charge is 0.273 e. The maximum atomic E-state index is 10.7. The predicted molar refractivity (Wildman–Crippen MR) is 67.1 cm³/mol. The third-order valence-corrected chi connectivity index (χ3v) is 3.11. The van der Waals surface area contributed by atoms with Crippen molar-refractivity contribution in [3.05, 3.63) is 28.3 Å². The lowest BCUT2D eigenvalue weighted by Crippen LogP contribution is -2.26. The maximum Gasteiger partial charge on any atom is 0.273 e. The van der Waals surface area contributed by atoms with Crippen LogP contribution in [0.15, 0.2) is 18.2 Å². The zero-order valence-corrected chi connectivity index (χ0v) is 10.4. The molecule has 6 heteroatoms. The molecule has 1 saturated heterocycles. The van der Waals surface area contributed by atoms with Crippen LogP contribution >= 0.6 is 0 Å². The number of hydrogen-bond donors (Lipinski definition) is 1. The van der Waals surface area contributed by atoms with E-state index in [0.717, 1.165) is 18.7 Å². The Morgan fingerprint density at radius 2 is 2.33 bits per heavy atom. The Balaban J connectivity index is 2.19. The molecule has 1 heterocycles. The molecule has 0 aromatic heterocycles. The largest absolute Gasteiger partial charge is 0.494 e. The van der Waals surface area contributed by atoms with E-state index in [9.17, 15) is 10.1 Å². The summed E-state index contributed by atoms with van der Waals surface area (Å²) >= 11 is 0. The molecule has 0 amide bonds. The van der Waals surface area contributed by atoms with E-state index in [2.05, 4.69) is 5.32 Å². The molecule has 1 aromatic carbocycles. The lowest BCUT2D eigenvalue weighted by Gasteiger charge is -2.19. The fourth-order valence-electron chi connectivity index (χ4n) is 2.03. The highest BCUT2D eigenvalue weighted by molar-refractivity contribution is 5.61. The second kappa shape index (κ2) is 5.22. The first-order chi connectivity index (χ1) is 8.61. The van der Waals surface area contributed by atoms with E-state index in [1.807, 2.05) is 6.92 Å². The van der Waals surface area contributed by atoms with Gasteiger partial charge in [0.25, 0.3) is 5.69 Å². The quantitative estimate of drug-likeness (QED) is 0.656. The minimum absolute atomic E-state index is 0.0214. The van der Waals surface area contributed by atoms with Gasteiger partial charge in [0.1, 0.15) is 5.75 Å². The maximum absolute atomic E-state index is 10.7. The molecule has 0 saturated carbocycles. The van der Waals surface area contributed by atoms with Crippen LogP contribution in [0.5, 0.6) is 5.75 Å². The van der Waals surface area contributed by atoms with Gasteiger partial charge < -0.3 is 14.8 Å². The molecule has 2 rings (SSSR count). The Morgan fingerprint density at radius 1 is 1.56 bits per heavy atom. The average molecular weight is 252 g/mol. The number of nitrogens with one attached hydrogen (secondary N) is 1. The van der Waals surface area contributed by atoms with Gasteiger partial charge in [-0.05, 0) is 19.4 Å². The molecule has 1 N–H and O–H groups in total. The molecular formula is C12H16N2O4. The van der Waals surface area contributed by atoms with E-state index < -0.39 is 4.92 Å². The van der Waals surface area contributed by atoms with Crippen LogP contribution in [-0.2, 0) is 4.74 Å². The van der Waals surface area contributed by atoms with E-state index in [1.54, 1.807) is 6.07 Å². The lowest BCUT2D eigenvalue weighted by atomic mass is 10.1. The van der Waals surface area contributed by atoms with Gasteiger partial charge in [0.2, 0.25) is 0 Å². The molecule has 1 aromatic rings. The summed E-state index contributed by atoms with van der Waals surface area (Å²) in [5, 5.41) is 14.0. The fraction of sp³-hybridized carbons (Fsp3) is 0.500. The van der Waals surface area contributed by atoms with Gasteiger partial charge in [-0.3, -0.25) is 10.1 Å². The number of nitro groups is 1. The molecular weight excluding hydrogens is 236 g/mol. The summed E-state index contributed by atoms with van der Waals surface area (Å²) in [6, 6.07) is 4.76. The van der Waals surface area contributed by atoms with Crippen LogP contribution in [0.4, 0.5) is 11.4 Å². The lowest BCUT2D eigenvalue weighted by molar-refractivity contribution is -0.384. The van der Waals surface area contributed by atoms with E-state index in [4.69, 9.17) is 9.47 Å². The Labute approximate surface area is 105 Å². The van der Waals surface area contributed by atoms with Crippen molar-refractivity contribution in [1.82, 2.24) is 0 Å². The molecule has 1 fully saturated rings. The van der Waals surface area contributed by atoms with Crippen LogP contribution in [0, 0.1) is 10.1 Å². The van der Waals surface area contributed by atoms with E-state index in [1.165, 1.54) is 19.2 Å². The molecule has 0 bridgehead atoms. The van der Waals surface area contributed by atoms with Gasteiger partial charge in [0, 0.05) is 12.7 Å². The van der Waals surface area contributed by atoms with Gasteiger partial charge in [0.15, 0.2) is 0 Å². The van der Waals surface area contributed by atoms with Crippen LogP contribution < -0.4 is 10.1 Å². The predicted octanol–water partition coefficient (Wildman–Crippen LogP) is 2.19. The van der Waals surface area contributed by atoms with E-state index >= 15 is 0 Å². The standard InChI is InChI=1S/C12H16N2O4/c1-8-10(5-6-18-8)13-11-4-3-9(14(15)16)7-12(11)17-2/h3-4,7-8,10,13H,5-6H2,1-2H3. The van der Waals surface area contributed by atoms with Gasteiger partial charge in [-0.25, -0.2) is 0 Å². The SMILES string of the molecule is COc1cc([N+](=O)[O-])ccc1NC1CCOC1C. The second-order valence-electron chi connectivity index (χ2n) is 4.26. The number of non-ortho nitro benzene ring substituents is 1. The number of hydrogen-bond acceptors (Lipinski definition) is 5. The van der Waals surface area contributed by atoms with Crippen LogP contribution in [0.2, 0.25) is 0 Å². The number of nitro benzene ring substituents is 1. The van der Waals surface area contributed by atoms with Gasteiger partial charge in [-0.1, -0.05) is 0 Å². The Morgan fingerprint density at radius 3 is 2.89 bits per heavy atom. The molecule has 6 nitrogen and oxygen atoms in total. The van der Waals surface area contributed by atoms with Crippen LogP contribution in [0.3, 0.4) is 0 Å². The van der Waals surface area contributed by atoms with Crippen LogP contribution in [-0.4, -0.2) is 30.8 Å². The Hall–Kier alpha value is -1.82. The molecule has 2 atom stereocenters. The molecule has 2 unspecified atom stereocenters. The minimum Gasteiger partial charge on any atom is -0.494 e. The van der Waals surface area contributed by atoms with Gasteiger partial charge >= 0.3 is 0 Å². The molecule has 1 aliphatic rings. The summed E-state index contributed by atoms with van der Waals surface area (Å²) in [5.41, 5.74) is 0.776. The fourth-order valence-corrected chi connectivity index (χ4v) is 2.03. The highest BCUT2D eigenvalue weighted by Crippen LogP contribution is 2.31. The van der Waals surface area contributed by atoms with Gasteiger partial charge in [0.05, 0.1) is 35.9 Å². The summed E-state index contributed by atoms with van der Waals surface area (Å²) in [6.07, 6.45) is 1.05.